The Kier molecular flexibility index (Phi) is 7.06. The van der Waals surface area contributed by atoms with Crippen LogP contribution in [-0.2, 0) is 24.2 Å². The van der Waals surface area contributed by atoms with Crippen molar-refractivity contribution < 1.29 is 9.32 Å². The maximum absolute atomic E-state index is 13.3. The van der Waals surface area contributed by atoms with Crippen molar-refractivity contribution in [3.8, 4) is 0 Å². The van der Waals surface area contributed by atoms with E-state index in [0.717, 1.165) is 28.1 Å². The molecule has 1 amide bonds. The van der Waals surface area contributed by atoms with Gasteiger partial charge >= 0.3 is 0 Å². The molecule has 0 aliphatic heterocycles. The zero-order valence-corrected chi connectivity index (χ0v) is 19.6. The Bertz CT molecular complexity index is 1280. The summed E-state index contributed by atoms with van der Waals surface area (Å²) in [7, 11) is 0. The van der Waals surface area contributed by atoms with Gasteiger partial charge in [0, 0.05) is 29.7 Å². The molecular weight excluding hydrogens is 444 g/mol. The minimum absolute atomic E-state index is 0.0214. The second-order valence-corrected chi connectivity index (χ2v) is 9.52. The summed E-state index contributed by atoms with van der Waals surface area (Å²) in [5.74, 6) is 1.38. The van der Waals surface area contributed by atoms with Gasteiger partial charge in [-0.2, -0.15) is 0 Å². The molecule has 1 N–H and O–H groups in total. The number of anilines is 1. The van der Waals surface area contributed by atoms with E-state index in [1.165, 1.54) is 11.8 Å². The normalized spacial score (nSPS) is 11.2. The Morgan fingerprint density at radius 3 is 2.78 bits per heavy atom. The summed E-state index contributed by atoms with van der Waals surface area (Å²) in [5, 5.41) is 7.81. The fourth-order valence-corrected chi connectivity index (χ4v) is 5.25. The molecule has 1 aromatic carbocycles. The molecule has 0 bridgehead atoms. The standard InChI is InChI=1S/C23H24N4O3S2/c1-3-17-14-18-21(32-17)25-23(27(22(18)29)11-9-16-7-5-4-6-8-16)31-12-10-20(28)24-19-13-15(2)30-26-19/h4-8,13-14H,3,9-12H2,1-2H3,(H,24,26,28). The summed E-state index contributed by atoms with van der Waals surface area (Å²) in [6, 6.07) is 13.7. The molecule has 0 aliphatic rings. The van der Waals surface area contributed by atoms with Gasteiger partial charge < -0.3 is 9.84 Å². The predicted octanol–water partition coefficient (Wildman–Crippen LogP) is 4.68. The minimum atomic E-state index is -0.158. The van der Waals surface area contributed by atoms with Crippen molar-refractivity contribution in [3.05, 3.63) is 69.0 Å². The summed E-state index contributed by atoms with van der Waals surface area (Å²) in [6.45, 7) is 4.38. The highest BCUT2D eigenvalue weighted by Gasteiger charge is 2.15. The molecular formula is C23H24N4O3S2. The van der Waals surface area contributed by atoms with Gasteiger partial charge in [0.2, 0.25) is 5.91 Å². The van der Waals surface area contributed by atoms with Crippen LogP contribution < -0.4 is 10.9 Å². The van der Waals surface area contributed by atoms with Gasteiger partial charge in [0.05, 0.1) is 5.39 Å². The number of amides is 1. The van der Waals surface area contributed by atoms with Crippen LogP contribution in [0, 0.1) is 6.92 Å². The molecule has 4 aromatic rings. The highest BCUT2D eigenvalue weighted by Crippen LogP contribution is 2.25. The summed E-state index contributed by atoms with van der Waals surface area (Å²) in [4.78, 5) is 32.2. The molecule has 32 heavy (non-hydrogen) atoms. The number of thioether (sulfide) groups is 1. The van der Waals surface area contributed by atoms with Crippen LogP contribution >= 0.6 is 23.1 Å². The van der Waals surface area contributed by atoms with Crippen molar-refractivity contribution in [1.82, 2.24) is 14.7 Å². The number of nitrogens with one attached hydrogen (secondary N) is 1. The van der Waals surface area contributed by atoms with Crippen molar-refractivity contribution in [2.45, 2.75) is 44.8 Å². The Labute approximate surface area is 193 Å². The third-order valence-electron chi connectivity index (χ3n) is 4.94. The summed E-state index contributed by atoms with van der Waals surface area (Å²) < 4.78 is 6.71. The number of benzene rings is 1. The van der Waals surface area contributed by atoms with Crippen LogP contribution in [0.4, 0.5) is 5.82 Å². The van der Waals surface area contributed by atoms with E-state index in [9.17, 15) is 9.59 Å². The minimum Gasteiger partial charge on any atom is -0.360 e. The summed E-state index contributed by atoms with van der Waals surface area (Å²) in [5.41, 5.74) is 1.14. The smallest absolute Gasteiger partial charge is 0.262 e. The van der Waals surface area contributed by atoms with Gasteiger partial charge in [-0.3, -0.25) is 14.2 Å². The van der Waals surface area contributed by atoms with Crippen LogP contribution in [0.2, 0.25) is 0 Å². The quantitative estimate of drug-likeness (QED) is 0.283. The lowest BCUT2D eigenvalue weighted by molar-refractivity contribution is -0.115. The molecule has 166 valence electrons. The van der Waals surface area contributed by atoms with Crippen molar-refractivity contribution >= 4 is 45.0 Å². The van der Waals surface area contributed by atoms with Gasteiger partial charge in [-0.25, -0.2) is 4.98 Å². The number of thiophene rings is 1. The van der Waals surface area contributed by atoms with E-state index < -0.39 is 0 Å². The topological polar surface area (TPSA) is 90.0 Å². The average Bonchev–Trinajstić information content (AvgIpc) is 3.39. The van der Waals surface area contributed by atoms with Gasteiger partial charge in [0.1, 0.15) is 10.6 Å². The summed E-state index contributed by atoms with van der Waals surface area (Å²) >= 11 is 2.98. The number of aryl methyl sites for hydroxylation is 3. The maximum Gasteiger partial charge on any atom is 0.262 e. The molecule has 0 spiro atoms. The molecule has 9 heteroatoms. The Morgan fingerprint density at radius 2 is 2.06 bits per heavy atom. The monoisotopic (exact) mass is 468 g/mol. The van der Waals surface area contributed by atoms with Gasteiger partial charge in [-0.1, -0.05) is 54.2 Å². The molecule has 0 saturated carbocycles. The maximum atomic E-state index is 13.3. The van der Waals surface area contributed by atoms with E-state index in [4.69, 9.17) is 9.51 Å². The van der Waals surface area contributed by atoms with Crippen molar-refractivity contribution in [2.24, 2.45) is 0 Å². The molecule has 0 aliphatic carbocycles. The van der Waals surface area contributed by atoms with Crippen LogP contribution in [-0.4, -0.2) is 26.4 Å². The van der Waals surface area contributed by atoms with Crippen molar-refractivity contribution in [3.63, 3.8) is 0 Å². The number of fused-ring (bicyclic) bond motifs is 1. The Balaban J connectivity index is 1.51. The van der Waals surface area contributed by atoms with Crippen molar-refractivity contribution in [1.29, 1.82) is 0 Å². The molecule has 0 fully saturated rings. The number of hydrogen-bond donors (Lipinski definition) is 1. The number of aromatic nitrogens is 3. The number of carbonyl (C=O) groups is 1. The van der Waals surface area contributed by atoms with E-state index in [0.29, 0.717) is 34.4 Å². The van der Waals surface area contributed by atoms with Crippen LogP contribution in [0.25, 0.3) is 10.2 Å². The van der Waals surface area contributed by atoms with E-state index in [1.54, 1.807) is 28.9 Å². The zero-order valence-electron chi connectivity index (χ0n) is 18.0. The van der Waals surface area contributed by atoms with Gasteiger partial charge in [0.25, 0.3) is 5.56 Å². The Hall–Kier alpha value is -2.91. The first-order valence-electron chi connectivity index (χ1n) is 10.5. The number of rotatable bonds is 9. The Morgan fingerprint density at radius 1 is 1.25 bits per heavy atom. The lowest BCUT2D eigenvalue weighted by Gasteiger charge is -2.12. The molecule has 7 nitrogen and oxygen atoms in total. The first-order valence-corrected chi connectivity index (χ1v) is 12.3. The predicted molar refractivity (Wildman–Crippen MR) is 129 cm³/mol. The fourth-order valence-electron chi connectivity index (χ4n) is 3.28. The van der Waals surface area contributed by atoms with E-state index in [-0.39, 0.29) is 17.9 Å². The fraction of sp³-hybridized carbons (Fsp3) is 0.304. The third kappa shape index (κ3) is 5.28. The molecule has 0 atom stereocenters. The third-order valence-corrected chi connectivity index (χ3v) is 7.09. The number of carbonyl (C=O) groups excluding carboxylic acids is 1. The second kappa shape index (κ2) is 10.1. The van der Waals surface area contributed by atoms with Crippen LogP contribution in [0.15, 0.2) is 56.9 Å². The SMILES string of the molecule is CCc1cc2c(=O)n(CCc3ccccc3)c(SCCC(=O)Nc3cc(C)on3)nc2s1. The molecule has 3 aromatic heterocycles. The van der Waals surface area contributed by atoms with E-state index in [2.05, 4.69) is 29.5 Å². The molecule has 0 unspecified atom stereocenters. The van der Waals surface area contributed by atoms with E-state index in [1.807, 2.05) is 24.3 Å². The number of hydrogen-bond acceptors (Lipinski definition) is 7. The average molecular weight is 469 g/mol. The lowest BCUT2D eigenvalue weighted by atomic mass is 10.1. The number of nitrogens with zero attached hydrogens (tertiary/aromatic N) is 3. The largest absolute Gasteiger partial charge is 0.360 e. The molecule has 3 heterocycles. The second-order valence-electron chi connectivity index (χ2n) is 7.34. The van der Waals surface area contributed by atoms with Crippen LogP contribution in [0.3, 0.4) is 0 Å². The molecule has 0 radical (unpaired) electrons. The first-order chi connectivity index (χ1) is 15.5. The van der Waals surface area contributed by atoms with E-state index >= 15 is 0 Å². The summed E-state index contributed by atoms with van der Waals surface area (Å²) in [6.07, 6.45) is 1.88. The lowest BCUT2D eigenvalue weighted by Crippen LogP contribution is -2.24. The highest BCUT2D eigenvalue weighted by atomic mass is 32.2. The van der Waals surface area contributed by atoms with Gasteiger partial charge in [-0.05, 0) is 31.4 Å². The molecule has 4 rings (SSSR count). The van der Waals surface area contributed by atoms with Gasteiger partial charge in [0.15, 0.2) is 11.0 Å². The van der Waals surface area contributed by atoms with Gasteiger partial charge in [-0.15, -0.1) is 11.3 Å². The highest BCUT2D eigenvalue weighted by molar-refractivity contribution is 7.99. The first kappa shape index (κ1) is 22.3. The van der Waals surface area contributed by atoms with Crippen LogP contribution in [0.1, 0.15) is 29.5 Å². The molecule has 0 saturated heterocycles. The van der Waals surface area contributed by atoms with Crippen LogP contribution in [0.5, 0.6) is 0 Å². The zero-order chi connectivity index (χ0) is 22.5. The van der Waals surface area contributed by atoms with Crippen molar-refractivity contribution in [2.75, 3.05) is 11.1 Å².